The Morgan fingerprint density at radius 1 is 1.40 bits per heavy atom. The Labute approximate surface area is 91.1 Å². The number of aryl methyl sites for hydroxylation is 1. The number of rotatable bonds is 5. The third-order valence-electron chi connectivity index (χ3n) is 1.72. The molecular formula is C11H19N3O. The molecule has 0 aliphatic carbocycles. The van der Waals surface area contributed by atoms with Gasteiger partial charge in [0, 0.05) is 18.3 Å². The van der Waals surface area contributed by atoms with E-state index in [1.165, 1.54) is 0 Å². The monoisotopic (exact) mass is 209 g/mol. The van der Waals surface area contributed by atoms with Crippen LogP contribution in [0.4, 0.5) is 5.95 Å². The zero-order chi connectivity index (χ0) is 11.3. The highest BCUT2D eigenvalue weighted by atomic mass is 16.5. The van der Waals surface area contributed by atoms with Crippen LogP contribution >= 0.6 is 0 Å². The fraction of sp³-hybridized carbons (Fsp3) is 0.636. The first-order valence-electron chi connectivity index (χ1n) is 5.38. The van der Waals surface area contributed by atoms with E-state index < -0.39 is 0 Å². The van der Waals surface area contributed by atoms with Gasteiger partial charge in [0.2, 0.25) is 11.8 Å². The molecule has 0 aromatic carbocycles. The first-order chi connectivity index (χ1) is 7.11. The molecule has 0 bridgehead atoms. The number of aromatic nitrogens is 2. The average molecular weight is 209 g/mol. The second-order valence-corrected chi connectivity index (χ2v) is 3.76. The minimum absolute atomic E-state index is 0.137. The second kappa shape index (κ2) is 5.53. The number of ether oxygens (including phenoxy) is 1. The van der Waals surface area contributed by atoms with Crippen molar-refractivity contribution < 1.29 is 4.74 Å². The standard InChI is InChI=1S/C11H19N3O/c1-5-6-12-11-13-9(4)7-10(14-11)15-8(2)3/h7-8H,5-6H2,1-4H3,(H,12,13,14). The third-order valence-corrected chi connectivity index (χ3v) is 1.72. The van der Waals surface area contributed by atoms with E-state index in [1.807, 2.05) is 26.8 Å². The van der Waals surface area contributed by atoms with Gasteiger partial charge in [0.1, 0.15) is 0 Å². The van der Waals surface area contributed by atoms with Crippen molar-refractivity contribution in [1.82, 2.24) is 9.97 Å². The van der Waals surface area contributed by atoms with E-state index in [1.54, 1.807) is 0 Å². The summed E-state index contributed by atoms with van der Waals surface area (Å²) >= 11 is 0. The van der Waals surface area contributed by atoms with Crippen LogP contribution in [0.2, 0.25) is 0 Å². The maximum absolute atomic E-state index is 5.52. The van der Waals surface area contributed by atoms with Crippen LogP contribution in [0.1, 0.15) is 32.9 Å². The van der Waals surface area contributed by atoms with Crippen LogP contribution in [-0.4, -0.2) is 22.6 Å². The van der Waals surface area contributed by atoms with Gasteiger partial charge in [-0.15, -0.1) is 0 Å². The van der Waals surface area contributed by atoms with E-state index in [0.29, 0.717) is 11.8 Å². The first-order valence-corrected chi connectivity index (χ1v) is 5.38. The molecule has 4 heteroatoms. The molecule has 0 atom stereocenters. The van der Waals surface area contributed by atoms with Crippen LogP contribution in [0.25, 0.3) is 0 Å². The molecule has 0 unspecified atom stereocenters. The van der Waals surface area contributed by atoms with Gasteiger partial charge in [0.25, 0.3) is 0 Å². The van der Waals surface area contributed by atoms with Crippen LogP contribution in [0.3, 0.4) is 0 Å². The number of nitrogens with zero attached hydrogens (tertiary/aromatic N) is 2. The zero-order valence-electron chi connectivity index (χ0n) is 9.87. The molecule has 0 saturated heterocycles. The van der Waals surface area contributed by atoms with E-state index in [9.17, 15) is 0 Å². The summed E-state index contributed by atoms with van der Waals surface area (Å²) < 4.78 is 5.52. The minimum Gasteiger partial charge on any atom is -0.475 e. The van der Waals surface area contributed by atoms with Gasteiger partial charge in [0.15, 0.2) is 0 Å². The van der Waals surface area contributed by atoms with Gasteiger partial charge >= 0.3 is 0 Å². The molecule has 84 valence electrons. The Morgan fingerprint density at radius 2 is 2.13 bits per heavy atom. The van der Waals surface area contributed by atoms with Crippen LogP contribution in [0.15, 0.2) is 6.07 Å². The molecule has 0 saturated carbocycles. The van der Waals surface area contributed by atoms with Gasteiger partial charge in [-0.05, 0) is 27.2 Å². The van der Waals surface area contributed by atoms with Crippen LogP contribution in [-0.2, 0) is 0 Å². The molecule has 1 N–H and O–H groups in total. The molecule has 1 rings (SSSR count). The Bertz CT molecular complexity index is 313. The molecule has 1 heterocycles. The number of nitrogens with one attached hydrogen (secondary N) is 1. The van der Waals surface area contributed by atoms with Gasteiger partial charge in [-0.3, -0.25) is 0 Å². The Morgan fingerprint density at radius 3 is 2.73 bits per heavy atom. The highest BCUT2D eigenvalue weighted by Gasteiger charge is 2.03. The Balaban J connectivity index is 2.75. The summed E-state index contributed by atoms with van der Waals surface area (Å²) in [6, 6.07) is 1.84. The van der Waals surface area contributed by atoms with Crippen molar-refractivity contribution in [2.24, 2.45) is 0 Å². The molecule has 1 aromatic heterocycles. The van der Waals surface area contributed by atoms with Crippen molar-refractivity contribution in [2.75, 3.05) is 11.9 Å². The fourth-order valence-corrected chi connectivity index (χ4v) is 1.16. The molecule has 4 nitrogen and oxygen atoms in total. The summed E-state index contributed by atoms with van der Waals surface area (Å²) in [5.74, 6) is 1.28. The fourth-order valence-electron chi connectivity index (χ4n) is 1.16. The third kappa shape index (κ3) is 4.14. The van der Waals surface area contributed by atoms with Gasteiger partial charge < -0.3 is 10.1 Å². The lowest BCUT2D eigenvalue weighted by Gasteiger charge is -2.10. The lowest BCUT2D eigenvalue weighted by atomic mass is 10.4. The van der Waals surface area contributed by atoms with Crippen LogP contribution < -0.4 is 10.1 Å². The van der Waals surface area contributed by atoms with Crippen molar-refractivity contribution in [2.45, 2.75) is 40.2 Å². The highest BCUT2D eigenvalue weighted by molar-refractivity contribution is 5.30. The number of anilines is 1. The van der Waals surface area contributed by atoms with E-state index in [0.717, 1.165) is 18.7 Å². The number of hydrogen-bond donors (Lipinski definition) is 1. The molecular weight excluding hydrogens is 190 g/mol. The van der Waals surface area contributed by atoms with Gasteiger partial charge in [0.05, 0.1) is 6.10 Å². The quantitative estimate of drug-likeness (QED) is 0.809. The molecule has 0 radical (unpaired) electrons. The number of hydrogen-bond acceptors (Lipinski definition) is 4. The van der Waals surface area contributed by atoms with Crippen molar-refractivity contribution in [1.29, 1.82) is 0 Å². The van der Waals surface area contributed by atoms with Crippen molar-refractivity contribution >= 4 is 5.95 Å². The van der Waals surface area contributed by atoms with E-state index in [4.69, 9.17) is 4.74 Å². The highest BCUT2D eigenvalue weighted by Crippen LogP contribution is 2.13. The molecule has 0 aliphatic heterocycles. The predicted octanol–water partition coefficient (Wildman–Crippen LogP) is 2.39. The van der Waals surface area contributed by atoms with Crippen LogP contribution in [0, 0.1) is 6.92 Å². The average Bonchev–Trinajstić information content (AvgIpc) is 2.12. The summed E-state index contributed by atoms with van der Waals surface area (Å²) in [6.45, 7) is 8.89. The summed E-state index contributed by atoms with van der Waals surface area (Å²) in [5.41, 5.74) is 0.916. The molecule has 0 fully saturated rings. The van der Waals surface area contributed by atoms with E-state index in [2.05, 4.69) is 22.2 Å². The second-order valence-electron chi connectivity index (χ2n) is 3.76. The lowest BCUT2D eigenvalue weighted by Crippen LogP contribution is -2.10. The zero-order valence-corrected chi connectivity index (χ0v) is 9.87. The van der Waals surface area contributed by atoms with Crippen molar-refractivity contribution in [3.63, 3.8) is 0 Å². The van der Waals surface area contributed by atoms with Gasteiger partial charge in [-0.1, -0.05) is 6.92 Å². The van der Waals surface area contributed by atoms with Crippen LogP contribution in [0.5, 0.6) is 5.88 Å². The summed E-state index contributed by atoms with van der Waals surface area (Å²) in [7, 11) is 0. The summed E-state index contributed by atoms with van der Waals surface area (Å²) in [5, 5.41) is 3.15. The lowest BCUT2D eigenvalue weighted by molar-refractivity contribution is 0.232. The van der Waals surface area contributed by atoms with Crippen molar-refractivity contribution in [3.05, 3.63) is 11.8 Å². The molecule has 1 aromatic rings. The van der Waals surface area contributed by atoms with E-state index >= 15 is 0 Å². The first kappa shape index (κ1) is 11.8. The largest absolute Gasteiger partial charge is 0.475 e. The van der Waals surface area contributed by atoms with Crippen molar-refractivity contribution in [3.8, 4) is 5.88 Å². The van der Waals surface area contributed by atoms with Gasteiger partial charge in [-0.25, -0.2) is 4.98 Å². The van der Waals surface area contributed by atoms with E-state index in [-0.39, 0.29) is 6.10 Å². The maximum atomic E-state index is 5.52. The maximum Gasteiger partial charge on any atom is 0.226 e. The minimum atomic E-state index is 0.137. The predicted molar refractivity (Wildman–Crippen MR) is 61.3 cm³/mol. The Kier molecular flexibility index (Phi) is 4.34. The molecule has 15 heavy (non-hydrogen) atoms. The summed E-state index contributed by atoms with van der Waals surface area (Å²) in [6.07, 6.45) is 1.19. The Hall–Kier alpha value is -1.32. The van der Waals surface area contributed by atoms with Gasteiger partial charge in [-0.2, -0.15) is 4.98 Å². The molecule has 0 aliphatic rings. The topological polar surface area (TPSA) is 47.0 Å². The molecule has 0 spiro atoms. The summed E-state index contributed by atoms with van der Waals surface area (Å²) in [4.78, 5) is 8.54. The molecule has 0 amide bonds. The SMILES string of the molecule is CCCNc1nc(C)cc(OC(C)C)n1. The smallest absolute Gasteiger partial charge is 0.226 e. The normalized spacial score (nSPS) is 10.5.